The van der Waals surface area contributed by atoms with Crippen molar-refractivity contribution in [3.8, 4) is 11.5 Å². The number of aliphatic hydroxyl groups excluding tert-OH is 1. The van der Waals surface area contributed by atoms with Gasteiger partial charge in [-0.1, -0.05) is 13.0 Å². The van der Waals surface area contributed by atoms with E-state index in [0.717, 1.165) is 31.2 Å². The maximum atomic E-state index is 12.7. The molecule has 1 aromatic rings. The average Bonchev–Trinajstić information content (AvgIpc) is 2.67. The minimum atomic E-state index is -0.294. The van der Waals surface area contributed by atoms with E-state index in [-0.39, 0.29) is 23.7 Å². The molecule has 1 aromatic carbocycles. The second kappa shape index (κ2) is 8.48. The van der Waals surface area contributed by atoms with Crippen molar-refractivity contribution >= 4 is 5.91 Å². The summed E-state index contributed by atoms with van der Waals surface area (Å²) in [6.07, 6.45) is 4.08. The zero-order valence-corrected chi connectivity index (χ0v) is 16.6. The topological polar surface area (TPSA) is 68.2 Å². The van der Waals surface area contributed by atoms with Crippen LogP contribution in [0, 0.1) is 0 Å². The molecule has 2 heterocycles. The highest BCUT2D eigenvalue weighted by molar-refractivity contribution is 5.79. The molecule has 2 aliphatic heterocycles. The number of amides is 1. The quantitative estimate of drug-likeness (QED) is 0.854. The second-order valence-corrected chi connectivity index (χ2v) is 7.67. The number of likely N-dealkylation sites (tertiary alicyclic amines) is 1. The molecule has 2 fully saturated rings. The van der Waals surface area contributed by atoms with Gasteiger partial charge in [-0.05, 0) is 43.4 Å². The summed E-state index contributed by atoms with van der Waals surface area (Å²) in [5.74, 6) is 1.41. The van der Waals surface area contributed by atoms with Crippen molar-refractivity contribution in [3.63, 3.8) is 0 Å². The Balaban J connectivity index is 1.59. The first-order valence-corrected chi connectivity index (χ1v) is 9.83. The van der Waals surface area contributed by atoms with Crippen LogP contribution < -0.4 is 9.47 Å². The lowest BCUT2D eigenvalue weighted by molar-refractivity contribution is -0.183. The molecule has 2 saturated heterocycles. The molecular formula is C21H31NO5. The first kappa shape index (κ1) is 20.0. The highest BCUT2D eigenvalue weighted by Gasteiger charge is 2.43. The fraction of sp³-hybridized carbons (Fsp3) is 0.667. The Bertz CT molecular complexity index is 654. The number of ether oxygens (including phenoxy) is 3. The zero-order chi connectivity index (χ0) is 19.4. The lowest BCUT2D eigenvalue weighted by Gasteiger charge is -2.47. The predicted molar refractivity (Wildman–Crippen MR) is 102 cm³/mol. The van der Waals surface area contributed by atoms with Crippen LogP contribution in [0.3, 0.4) is 0 Å². The number of hydrogen-bond acceptors (Lipinski definition) is 5. The lowest BCUT2D eigenvalue weighted by atomic mass is 9.81. The van der Waals surface area contributed by atoms with E-state index in [0.29, 0.717) is 37.4 Å². The SMILES string of the molecule is CC[C@H]1C[C@@H](O)CC2(CCN(C(=O)Cc3ccc(OC)c(OC)c3)CC2)O1. The van der Waals surface area contributed by atoms with Crippen molar-refractivity contribution in [2.45, 2.75) is 63.3 Å². The lowest BCUT2D eigenvalue weighted by Crippen LogP contribution is -2.53. The second-order valence-electron chi connectivity index (χ2n) is 7.67. The van der Waals surface area contributed by atoms with Gasteiger partial charge in [0.2, 0.25) is 5.91 Å². The number of benzene rings is 1. The largest absolute Gasteiger partial charge is 0.493 e. The van der Waals surface area contributed by atoms with E-state index in [1.165, 1.54) is 0 Å². The summed E-state index contributed by atoms with van der Waals surface area (Å²) in [7, 11) is 3.19. The highest BCUT2D eigenvalue weighted by atomic mass is 16.5. The van der Waals surface area contributed by atoms with E-state index in [9.17, 15) is 9.90 Å². The third-order valence-corrected chi connectivity index (χ3v) is 5.85. The predicted octanol–water partition coefficient (Wildman–Crippen LogP) is 2.56. The molecule has 0 bridgehead atoms. The van der Waals surface area contributed by atoms with Gasteiger partial charge in [0, 0.05) is 19.5 Å². The van der Waals surface area contributed by atoms with E-state index in [2.05, 4.69) is 6.92 Å². The van der Waals surface area contributed by atoms with Gasteiger partial charge in [0.05, 0.1) is 38.4 Å². The Morgan fingerprint density at radius 2 is 1.96 bits per heavy atom. The van der Waals surface area contributed by atoms with Gasteiger partial charge in [-0.2, -0.15) is 0 Å². The molecule has 6 heteroatoms. The van der Waals surface area contributed by atoms with Crippen LogP contribution in [0.1, 0.15) is 44.6 Å². The summed E-state index contributed by atoms with van der Waals surface area (Å²) in [6, 6.07) is 5.58. The summed E-state index contributed by atoms with van der Waals surface area (Å²) in [4.78, 5) is 14.7. The third kappa shape index (κ3) is 4.55. The van der Waals surface area contributed by atoms with Crippen LogP contribution in [0.2, 0.25) is 0 Å². The van der Waals surface area contributed by atoms with Crippen LogP contribution in [0.15, 0.2) is 18.2 Å². The summed E-state index contributed by atoms with van der Waals surface area (Å²) < 4.78 is 16.9. The van der Waals surface area contributed by atoms with Crippen LogP contribution in [0.5, 0.6) is 11.5 Å². The molecule has 1 spiro atoms. The van der Waals surface area contributed by atoms with Crippen molar-refractivity contribution in [1.82, 2.24) is 4.90 Å². The molecular weight excluding hydrogens is 346 g/mol. The van der Waals surface area contributed by atoms with Crippen molar-refractivity contribution in [2.75, 3.05) is 27.3 Å². The number of carbonyl (C=O) groups excluding carboxylic acids is 1. The first-order valence-electron chi connectivity index (χ1n) is 9.83. The van der Waals surface area contributed by atoms with E-state index in [4.69, 9.17) is 14.2 Å². The average molecular weight is 377 g/mol. The first-order chi connectivity index (χ1) is 13.0. The number of rotatable bonds is 5. The maximum absolute atomic E-state index is 12.7. The molecule has 2 aliphatic rings. The monoisotopic (exact) mass is 377 g/mol. The summed E-state index contributed by atoms with van der Waals surface area (Å²) >= 11 is 0. The summed E-state index contributed by atoms with van der Waals surface area (Å²) in [5, 5.41) is 10.2. The molecule has 2 atom stereocenters. The van der Waals surface area contributed by atoms with Crippen molar-refractivity contribution < 1.29 is 24.1 Å². The molecule has 0 saturated carbocycles. The van der Waals surface area contributed by atoms with Crippen LogP contribution in [0.4, 0.5) is 0 Å². The minimum Gasteiger partial charge on any atom is -0.493 e. The van der Waals surface area contributed by atoms with Gasteiger partial charge in [0.1, 0.15) is 0 Å². The molecule has 0 radical (unpaired) electrons. The minimum absolute atomic E-state index is 0.112. The number of methoxy groups -OCH3 is 2. The highest BCUT2D eigenvalue weighted by Crippen LogP contribution is 2.38. The fourth-order valence-corrected chi connectivity index (χ4v) is 4.28. The molecule has 0 unspecified atom stereocenters. The Hall–Kier alpha value is -1.79. The van der Waals surface area contributed by atoms with Gasteiger partial charge in [0.15, 0.2) is 11.5 Å². The van der Waals surface area contributed by atoms with Gasteiger partial charge >= 0.3 is 0 Å². The van der Waals surface area contributed by atoms with Crippen molar-refractivity contribution in [2.24, 2.45) is 0 Å². The number of aliphatic hydroxyl groups is 1. The van der Waals surface area contributed by atoms with Crippen LogP contribution >= 0.6 is 0 Å². The smallest absolute Gasteiger partial charge is 0.226 e. The van der Waals surface area contributed by atoms with E-state index < -0.39 is 0 Å². The number of carbonyl (C=O) groups is 1. The van der Waals surface area contributed by atoms with Gasteiger partial charge < -0.3 is 24.2 Å². The summed E-state index contributed by atoms with van der Waals surface area (Å²) in [6.45, 7) is 3.45. The number of nitrogens with zero attached hydrogens (tertiary/aromatic N) is 1. The molecule has 0 aromatic heterocycles. The van der Waals surface area contributed by atoms with E-state index >= 15 is 0 Å². The van der Waals surface area contributed by atoms with Gasteiger partial charge in [-0.15, -0.1) is 0 Å². The molecule has 3 rings (SSSR count). The Morgan fingerprint density at radius 1 is 1.26 bits per heavy atom. The van der Waals surface area contributed by atoms with Crippen molar-refractivity contribution in [1.29, 1.82) is 0 Å². The zero-order valence-electron chi connectivity index (χ0n) is 16.6. The maximum Gasteiger partial charge on any atom is 0.226 e. The number of piperidine rings is 1. The van der Waals surface area contributed by atoms with Crippen LogP contribution in [0.25, 0.3) is 0 Å². The van der Waals surface area contributed by atoms with Gasteiger partial charge in [0.25, 0.3) is 0 Å². The normalized spacial score (nSPS) is 24.7. The Kier molecular flexibility index (Phi) is 6.27. The van der Waals surface area contributed by atoms with E-state index in [1.807, 2.05) is 23.1 Å². The molecule has 1 N–H and O–H groups in total. The van der Waals surface area contributed by atoms with Crippen LogP contribution in [-0.4, -0.2) is 61.0 Å². The van der Waals surface area contributed by atoms with Gasteiger partial charge in [-0.25, -0.2) is 0 Å². The molecule has 1 amide bonds. The Morgan fingerprint density at radius 3 is 2.59 bits per heavy atom. The fourth-order valence-electron chi connectivity index (χ4n) is 4.28. The molecule has 6 nitrogen and oxygen atoms in total. The molecule has 27 heavy (non-hydrogen) atoms. The molecule has 0 aliphatic carbocycles. The van der Waals surface area contributed by atoms with Gasteiger partial charge in [-0.3, -0.25) is 4.79 Å². The Labute approximate surface area is 161 Å². The molecule has 150 valence electrons. The van der Waals surface area contributed by atoms with Crippen molar-refractivity contribution in [3.05, 3.63) is 23.8 Å². The van der Waals surface area contributed by atoms with Crippen LogP contribution in [-0.2, 0) is 16.0 Å². The van der Waals surface area contributed by atoms with E-state index in [1.54, 1.807) is 14.2 Å². The third-order valence-electron chi connectivity index (χ3n) is 5.85. The number of hydrogen-bond donors (Lipinski definition) is 1. The standard InChI is InChI=1S/C21H31NO5/c1-4-17-13-16(23)14-21(27-17)7-9-22(10-8-21)20(24)12-15-5-6-18(25-2)19(11-15)26-3/h5-6,11,16-17,23H,4,7-10,12-14H2,1-3H3/t16-,17+/m1/s1. The summed E-state index contributed by atoms with van der Waals surface area (Å²) in [5.41, 5.74) is 0.645.